The Balaban J connectivity index is 1.93. The molecule has 2 heterocycles. The molecule has 1 aliphatic rings. The number of nitrogen functional groups attached to an aromatic ring is 1. The monoisotopic (exact) mass is 328 g/mol. The molecule has 104 valence electrons. The Kier molecular flexibility index (Phi) is 4.92. The van der Waals surface area contributed by atoms with Crippen molar-refractivity contribution in [1.29, 1.82) is 0 Å². The molecule has 0 aliphatic carbocycles. The van der Waals surface area contributed by atoms with Crippen LogP contribution < -0.4 is 16.6 Å². The molecule has 0 aromatic carbocycles. The number of halogens is 1. The lowest BCUT2D eigenvalue weighted by Crippen LogP contribution is -2.39. The van der Waals surface area contributed by atoms with Crippen LogP contribution in [0.1, 0.15) is 19.3 Å². The lowest BCUT2D eigenvalue weighted by Gasteiger charge is -2.26. The van der Waals surface area contributed by atoms with Gasteiger partial charge in [0.05, 0.1) is 6.54 Å². The predicted molar refractivity (Wildman–Crippen MR) is 76.5 cm³/mol. The van der Waals surface area contributed by atoms with E-state index in [1.807, 2.05) is 4.90 Å². The number of aromatic nitrogens is 2. The maximum Gasteiger partial charge on any atom is 0.241 e. The van der Waals surface area contributed by atoms with Crippen molar-refractivity contribution >= 4 is 33.5 Å². The number of likely N-dealkylation sites (tertiary alicyclic amines) is 1. The zero-order valence-electron chi connectivity index (χ0n) is 10.5. The molecule has 1 aliphatic heterocycles. The van der Waals surface area contributed by atoms with E-state index in [4.69, 9.17) is 5.84 Å². The van der Waals surface area contributed by atoms with Crippen LogP contribution >= 0.6 is 15.9 Å². The number of carbonyl (C=O) groups excluding carboxylic acids is 1. The first-order valence-electron chi connectivity index (χ1n) is 6.21. The minimum absolute atomic E-state index is 0.0902. The molecule has 0 bridgehead atoms. The van der Waals surface area contributed by atoms with Gasteiger partial charge in [0, 0.05) is 13.1 Å². The number of rotatable bonds is 4. The summed E-state index contributed by atoms with van der Waals surface area (Å²) < 4.78 is 0.615. The third-order valence-electron chi connectivity index (χ3n) is 3.04. The SMILES string of the molecule is NNc1ncnc(NCC(=O)N2CCCCC2)c1Br. The molecule has 1 aromatic rings. The van der Waals surface area contributed by atoms with E-state index in [2.05, 4.69) is 36.6 Å². The summed E-state index contributed by atoms with van der Waals surface area (Å²) in [6.07, 6.45) is 4.77. The Bertz CT molecular complexity index is 449. The van der Waals surface area contributed by atoms with Crippen molar-refractivity contribution in [2.75, 3.05) is 30.4 Å². The van der Waals surface area contributed by atoms with Crippen molar-refractivity contribution < 1.29 is 4.79 Å². The van der Waals surface area contributed by atoms with Crippen LogP contribution in [0.25, 0.3) is 0 Å². The number of anilines is 2. The van der Waals surface area contributed by atoms with E-state index in [0.717, 1.165) is 25.9 Å². The van der Waals surface area contributed by atoms with E-state index in [-0.39, 0.29) is 12.5 Å². The van der Waals surface area contributed by atoms with Gasteiger partial charge >= 0.3 is 0 Å². The molecule has 0 spiro atoms. The fourth-order valence-corrected chi connectivity index (χ4v) is 2.47. The average Bonchev–Trinajstić information content (AvgIpc) is 2.47. The third kappa shape index (κ3) is 3.54. The number of nitrogens with one attached hydrogen (secondary N) is 2. The molecular weight excluding hydrogens is 312 g/mol. The lowest BCUT2D eigenvalue weighted by molar-refractivity contribution is -0.130. The summed E-state index contributed by atoms with van der Waals surface area (Å²) >= 11 is 3.33. The topological polar surface area (TPSA) is 96.2 Å². The molecule has 0 atom stereocenters. The van der Waals surface area contributed by atoms with E-state index >= 15 is 0 Å². The molecular formula is C11H17BrN6O. The molecule has 0 radical (unpaired) electrons. The first-order valence-corrected chi connectivity index (χ1v) is 7.00. The molecule has 1 amide bonds. The van der Waals surface area contributed by atoms with Gasteiger partial charge in [-0.2, -0.15) is 0 Å². The van der Waals surface area contributed by atoms with Crippen molar-refractivity contribution in [2.24, 2.45) is 5.84 Å². The smallest absolute Gasteiger partial charge is 0.241 e. The molecule has 0 saturated carbocycles. The van der Waals surface area contributed by atoms with E-state index in [9.17, 15) is 4.79 Å². The van der Waals surface area contributed by atoms with Crippen molar-refractivity contribution in [2.45, 2.75) is 19.3 Å². The molecule has 1 saturated heterocycles. The molecule has 2 rings (SSSR count). The summed E-state index contributed by atoms with van der Waals surface area (Å²) in [5, 5.41) is 3.00. The number of amides is 1. The van der Waals surface area contributed by atoms with Gasteiger partial charge in [-0.1, -0.05) is 0 Å². The fourth-order valence-electron chi connectivity index (χ4n) is 2.01. The van der Waals surface area contributed by atoms with Crippen molar-refractivity contribution in [1.82, 2.24) is 14.9 Å². The van der Waals surface area contributed by atoms with Crippen molar-refractivity contribution in [3.8, 4) is 0 Å². The summed E-state index contributed by atoms with van der Waals surface area (Å²) in [6, 6.07) is 0. The zero-order valence-corrected chi connectivity index (χ0v) is 12.1. The maximum atomic E-state index is 12.0. The summed E-state index contributed by atoms with van der Waals surface area (Å²) in [4.78, 5) is 21.9. The van der Waals surface area contributed by atoms with E-state index in [1.54, 1.807) is 0 Å². The molecule has 0 unspecified atom stereocenters. The highest BCUT2D eigenvalue weighted by Gasteiger charge is 2.17. The van der Waals surface area contributed by atoms with Gasteiger partial charge in [-0.05, 0) is 35.2 Å². The second-order valence-corrected chi connectivity index (χ2v) is 5.12. The van der Waals surface area contributed by atoms with Crippen LogP contribution in [0.4, 0.5) is 11.6 Å². The van der Waals surface area contributed by atoms with Crippen LogP contribution in [0, 0.1) is 0 Å². The minimum atomic E-state index is 0.0902. The number of nitrogens with two attached hydrogens (primary N) is 1. The van der Waals surface area contributed by atoms with Crippen LogP contribution in [0.15, 0.2) is 10.8 Å². The quantitative estimate of drug-likeness (QED) is 0.562. The Morgan fingerprint density at radius 3 is 2.68 bits per heavy atom. The maximum absolute atomic E-state index is 12.0. The Labute approximate surface area is 120 Å². The van der Waals surface area contributed by atoms with Crippen LogP contribution in [-0.4, -0.2) is 40.4 Å². The molecule has 1 aromatic heterocycles. The highest BCUT2D eigenvalue weighted by Crippen LogP contribution is 2.25. The number of carbonyl (C=O) groups is 1. The average molecular weight is 329 g/mol. The van der Waals surface area contributed by atoms with Gasteiger partial charge in [0.1, 0.15) is 16.6 Å². The fraction of sp³-hybridized carbons (Fsp3) is 0.545. The number of piperidine rings is 1. The van der Waals surface area contributed by atoms with E-state index < -0.39 is 0 Å². The first-order chi connectivity index (χ1) is 9.22. The molecule has 8 heteroatoms. The van der Waals surface area contributed by atoms with Gasteiger partial charge in [0.2, 0.25) is 5.91 Å². The van der Waals surface area contributed by atoms with Gasteiger partial charge in [-0.25, -0.2) is 15.8 Å². The van der Waals surface area contributed by atoms with Crippen LogP contribution in [0.5, 0.6) is 0 Å². The number of hydrogen-bond acceptors (Lipinski definition) is 6. The zero-order chi connectivity index (χ0) is 13.7. The Morgan fingerprint density at radius 1 is 1.32 bits per heavy atom. The lowest BCUT2D eigenvalue weighted by atomic mass is 10.1. The second kappa shape index (κ2) is 6.67. The van der Waals surface area contributed by atoms with Crippen LogP contribution in [0.2, 0.25) is 0 Å². The molecule has 1 fully saturated rings. The normalized spacial score (nSPS) is 15.2. The minimum Gasteiger partial charge on any atom is -0.360 e. The van der Waals surface area contributed by atoms with Gasteiger partial charge in [0.25, 0.3) is 0 Å². The predicted octanol–water partition coefficient (Wildman–Crippen LogP) is 0.949. The standard InChI is InChI=1S/C11H17BrN6O/c12-9-10(15-7-16-11(9)17-13)14-6-8(19)18-4-2-1-3-5-18/h7H,1-6,13H2,(H2,14,15,16,17). The largest absolute Gasteiger partial charge is 0.360 e. The highest BCUT2D eigenvalue weighted by atomic mass is 79.9. The molecule has 19 heavy (non-hydrogen) atoms. The summed E-state index contributed by atoms with van der Waals surface area (Å²) in [5.74, 6) is 6.43. The number of hydrazine groups is 1. The van der Waals surface area contributed by atoms with Gasteiger partial charge < -0.3 is 15.6 Å². The summed E-state index contributed by atoms with van der Waals surface area (Å²) in [6.45, 7) is 1.92. The van der Waals surface area contributed by atoms with Crippen LogP contribution in [0.3, 0.4) is 0 Å². The van der Waals surface area contributed by atoms with Gasteiger partial charge in [-0.15, -0.1) is 0 Å². The Hall–Kier alpha value is -1.41. The third-order valence-corrected chi connectivity index (χ3v) is 3.79. The van der Waals surface area contributed by atoms with E-state index in [1.165, 1.54) is 12.7 Å². The molecule has 4 N–H and O–H groups in total. The van der Waals surface area contributed by atoms with Crippen molar-refractivity contribution in [3.63, 3.8) is 0 Å². The second-order valence-electron chi connectivity index (χ2n) is 4.32. The van der Waals surface area contributed by atoms with E-state index in [0.29, 0.717) is 16.1 Å². The number of hydrogen-bond donors (Lipinski definition) is 3. The summed E-state index contributed by atoms with van der Waals surface area (Å²) in [5.41, 5.74) is 2.45. The Morgan fingerprint density at radius 2 is 2.00 bits per heavy atom. The number of nitrogens with zero attached hydrogens (tertiary/aromatic N) is 3. The highest BCUT2D eigenvalue weighted by molar-refractivity contribution is 9.10. The van der Waals surface area contributed by atoms with Crippen molar-refractivity contribution in [3.05, 3.63) is 10.8 Å². The molecule has 7 nitrogen and oxygen atoms in total. The first kappa shape index (κ1) is 14.0. The van der Waals surface area contributed by atoms with Gasteiger partial charge in [0.15, 0.2) is 5.82 Å². The van der Waals surface area contributed by atoms with Crippen LogP contribution in [-0.2, 0) is 4.79 Å². The summed E-state index contributed by atoms with van der Waals surface area (Å²) in [7, 11) is 0. The van der Waals surface area contributed by atoms with Gasteiger partial charge in [-0.3, -0.25) is 4.79 Å².